The molecule has 0 spiro atoms. The number of aromatic hydroxyl groups is 4. The first-order valence-electron chi connectivity index (χ1n) is 10.0. The van der Waals surface area contributed by atoms with Crippen LogP contribution in [0.3, 0.4) is 0 Å². The molecular weight excluding hydrogens is 406 g/mol. The van der Waals surface area contributed by atoms with Crippen molar-refractivity contribution in [1.82, 2.24) is 15.0 Å². The lowest BCUT2D eigenvalue weighted by atomic mass is 10.0. The van der Waals surface area contributed by atoms with Crippen molar-refractivity contribution >= 4 is 0 Å². The van der Waals surface area contributed by atoms with Gasteiger partial charge in [0.25, 0.3) is 0 Å². The van der Waals surface area contributed by atoms with E-state index in [9.17, 15) is 20.4 Å². The standard InChI is InChI=1S/C25H23N3O4/c1-12-5-6-16(13(2)11-12)23-26-24(17-7-9-19(29)14(3)21(17)31)28-25(27-23)18-8-10-20(30)15(4)22(18)32/h5-11,29-32H,1-4H3. The lowest BCUT2D eigenvalue weighted by molar-refractivity contribution is 0.443. The summed E-state index contributed by atoms with van der Waals surface area (Å²) >= 11 is 0. The number of rotatable bonds is 3. The Hall–Kier alpha value is -4.13. The predicted octanol–water partition coefficient (Wildman–Crippen LogP) is 4.93. The van der Waals surface area contributed by atoms with Crippen molar-refractivity contribution in [3.8, 4) is 57.2 Å². The molecule has 0 fully saturated rings. The van der Waals surface area contributed by atoms with Gasteiger partial charge >= 0.3 is 0 Å². The zero-order valence-electron chi connectivity index (χ0n) is 18.2. The first kappa shape index (κ1) is 21.1. The van der Waals surface area contributed by atoms with Crippen molar-refractivity contribution in [2.24, 2.45) is 0 Å². The molecule has 4 rings (SSSR count). The Morgan fingerprint density at radius 3 is 1.38 bits per heavy atom. The van der Waals surface area contributed by atoms with Crippen LogP contribution in [0.2, 0.25) is 0 Å². The smallest absolute Gasteiger partial charge is 0.167 e. The van der Waals surface area contributed by atoms with Crippen molar-refractivity contribution in [2.75, 3.05) is 0 Å². The maximum atomic E-state index is 10.6. The molecule has 0 saturated carbocycles. The molecule has 0 aliphatic carbocycles. The Morgan fingerprint density at radius 2 is 0.938 bits per heavy atom. The fourth-order valence-corrected chi connectivity index (χ4v) is 3.54. The number of phenolic OH excluding ortho intramolecular Hbond substituents is 4. The highest BCUT2D eigenvalue weighted by Crippen LogP contribution is 2.39. The molecule has 0 atom stereocenters. The van der Waals surface area contributed by atoms with Crippen LogP contribution in [-0.2, 0) is 0 Å². The molecule has 4 N–H and O–H groups in total. The first-order valence-corrected chi connectivity index (χ1v) is 10.0. The van der Waals surface area contributed by atoms with Gasteiger partial charge in [-0.2, -0.15) is 0 Å². The van der Waals surface area contributed by atoms with Crippen LogP contribution in [0.15, 0.2) is 42.5 Å². The summed E-state index contributed by atoms with van der Waals surface area (Å²) in [5, 5.41) is 41.1. The van der Waals surface area contributed by atoms with E-state index in [0.717, 1.165) is 16.7 Å². The maximum Gasteiger partial charge on any atom is 0.167 e. The zero-order chi connectivity index (χ0) is 23.2. The molecule has 0 radical (unpaired) electrons. The van der Waals surface area contributed by atoms with Crippen LogP contribution in [0.1, 0.15) is 22.3 Å². The number of phenols is 4. The summed E-state index contributed by atoms with van der Waals surface area (Å²) in [6, 6.07) is 11.9. The fourth-order valence-electron chi connectivity index (χ4n) is 3.54. The van der Waals surface area contributed by atoms with Gasteiger partial charge in [0, 0.05) is 16.7 Å². The average Bonchev–Trinajstić information content (AvgIpc) is 2.75. The van der Waals surface area contributed by atoms with E-state index < -0.39 is 0 Å². The van der Waals surface area contributed by atoms with Gasteiger partial charge in [0.05, 0.1) is 11.1 Å². The van der Waals surface area contributed by atoms with E-state index in [1.807, 2.05) is 32.0 Å². The molecule has 32 heavy (non-hydrogen) atoms. The molecule has 7 heteroatoms. The van der Waals surface area contributed by atoms with Gasteiger partial charge in [0.1, 0.15) is 23.0 Å². The summed E-state index contributed by atoms with van der Waals surface area (Å²) in [5.74, 6) is 0.396. The van der Waals surface area contributed by atoms with E-state index >= 15 is 0 Å². The van der Waals surface area contributed by atoms with Gasteiger partial charge in [-0.25, -0.2) is 15.0 Å². The summed E-state index contributed by atoms with van der Waals surface area (Å²) in [4.78, 5) is 13.7. The normalized spacial score (nSPS) is 11.0. The Morgan fingerprint density at radius 1 is 0.531 bits per heavy atom. The van der Waals surface area contributed by atoms with Gasteiger partial charge in [-0.05, 0) is 57.5 Å². The van der Waals surface area contributed by atoms with Crippen molar-refractivity contribution in [2.45, 2.75) is 27.7 Å². The third kappa shape index (κ3) is 3.58. The molecule has 0 unspecified atom stereocenters. The first-order chi connectivity index (χ1) is 15.2. The number of hydrogen-bond donors (Lipinski definition) is 4. The zero-order valence-corrected chi connectivity index (χ0v) is 18.2. The predicted molar refractivity (Wildman–Crippen MR) is 122 cm³/mol. The highest BCUT2D eigenvalue weighted by molar-refractivity contribution is 5.75. The Labute approximate surface area is 185 Å². The number of aromatic nitrogens is 3. The molecule has 0 amide bonds. The number of benzene rings is 3. The summed E-state index contributed by atoms with van der Waals surface area (Å²) in [6.07, 6.45) is 0. The minimum absolute atomic E-state index is 0.0399. The molecule has 4 aromatic rings. The van der Waals surface area contributed by atoms with E-state index in [2.05, 4.69) is 15.0 Å². The minimum atomic E-state index is -0.139. The summed E-state index contributed by atoms with van der Waals surface area (Å²) in [6.45, 7) is 7.14. The van der Waals surface area contributed by atoms with Crippen molar-refractivity contribution in [3.63, 3.8) is 0 Å². The molecule has 1 heterocycles. The number of aryl methyl sites for hydroxylation is 2. The maximum absolute atomic E-state index is 10.6. The monoisotopic (exact) mass is 429 g/mol. The number of nitrogens with zero attached hydrogens (tertiary/aromatic N) is 3. The lowest BCUT2D eigenvalue weighted by Crippen LogP contribution is -2.02. The topological polar surface area (TPSA) is 120 Å². The average molecular weight is 429 g/mol. The summed E-state index contributed by atoms with van der Waals surface area (Å²) in [7, 11) is 0. The third-order valence-electron chi connectivity index (χ3n) is 5.54. The van der Waals surface area contributed by atoms with Gasteiger partial charge in [-0.1, -0.05) is 23.8 Å². The Bertz CT molecular complexity index is 1290. The van der Waals surface area contributed by atoms with Crippen molar-refractivity contribution < 1.29 is 20.4 Å². The van der Waals surface area contributed by atoms with Crippen molar-refractivity contribution in [3.05, 3.63) is 64.7 Å². The molecule has 0 bridgehead atoms. The molecule has 0 saturated heterocycles. The van der Waals surface area contributed by atoms with Crippen LogP contribution in [0.5, 0.6) is 23.0 Å². The van der Waals surface area contributed by atoms with Crippen LogP contribution in [0, 0.1) is 27.7 Å². The molecule has 1 aromatic heterocycles. The van der Waals surface area contributed by atoms with E-state index in [0.29, 0.717) is 28.1 Å². The van der Waals surface area contributed by atoms with Crippen LogP contribution in [-0.4, -0.2) is 35.4 Å². The Balaban J connectivity index is 2.02. The van der Waals surface area contributed by atoms with Gasteiger partial charge in [-0.3, -0.25) is 0 Å². The second-order valence-corrected chi connectivity index (χ2v) is 7.84. The minimum Gasteiger partial charge on any atom is -0.508 e. The third-order valence-corrected chi connectivity index (χ3v) is 5.54. The Kier molecular flexibility index (Phi) is 5.18. The van der Waals surface area contributed by atoms with Gasteiger partial charge in [0.15, 0.2) is 17.5 Å². The molecule has 162 valence electrons. The second-order valence-electron chi connectivity index (χ2n) is 7.84. The highest BCUT2D eigenvalue weighted by Gasteiger charge is 2.20. The molecule has 0 aliphatic rings. The lowest BCUT2D eigenvalue weighted by Gasteiger charge is -2.13. The van der Waals surface area contributed by atoms with Gasteiger partial charge < -0.3 is 20.4 Å². The molecule has 7 nitrogen and oxygen atoms in total. The quantitative estimate of drug-likeness (QED) is 0.364. The van der Waals surface area contributed by atoms with Gasteiger partial charge in [0.2, 0.25) is 0 Å². The highest BCUT2D eigenvalue weighted by atomic mass is 16.3. The van der Waals surface area contributed by atoms with E-state index in [1.165, 1.54) is 24.3 Å². The van der Waals surface area contributed by atoms with E-state index in [1.54, 1.807) is 13.8 Å². The summed E-state index contributed by atoms with van der Waals surface area (Å²) in [5.41, 5.74) is 4.10. The van der Waals surface area contributed by atoms with E-state index in [-0.39, 0.29) is 34.6 Å². The van der Waals surface area contributed by atoms with Crippen LogP contribution in [0.25, 0.3) is 34.2 Å². The summed E-state index contributed by atoms with van der Waals surface area (Å²) < 4.78 is 0. The molecule has 0 aliphatic heterocycles. The van der Waals surface area contributed by atoms with Crippen LogP contribution < -0.4 is 0 Å². The molecule has 3 aromatic carbocycles. The van der Waals surface area contributed by atoms with Gasteiger partial charge in [-0.15, -0.1) is 0 Å². The van der Waals surface area contributed by atoms with Crippen LogP contribution in [0.4, 0.5) is 0 Å². The second kappa shape index (κ2) is 7.85. The van der Waals surface area contributed by atoms with E-state index in [4.69, 9.17) is 0 Å². The molecular formula is C25H23N3O4. The fraction of sp³-hybridized carbons (Fsp3) is 0.160. The van der Waals surface area contributed by atoms with Crippen LogP contribution >= 0.6 is 0 Å². The van der Waals surface area contributed by atoms with Crippen molar-refractivity contribution in [1.29, 1.82) is 0 Å². The SMILES string of the molecule is Cc1ccc(-c2nc(-c3ccc(O)c(C)c3O)nc(-c3ccc(O)c(C)c3O)n2)c(C)c1. The largest absolute Gasteiger partial charge is 0.508 e. The number of hydrogen-bond acceptors (Lipinski definition) is 7.